The number of piperazine rings is 1. The summed E-state index contributed by atoms with van der Waals surface area (Å²) in [5.74, 6) is 1.75. The quantitative estimate of drug-likeness (QED) is 0.699. The van der Waals surface area contributed by atoms with Crippen LogP contribution in [0.4, 0.5) is 5.82 Å². The van der Waals surface area contributed by atoms with Crippen molar-refractivity contribution in [1.29, 1.82) is 0 Å². The Hall–Kier alpha value is -3.08. The van der Waals surface area contributed by atoms with Gasteiger partial charge in [0, 0.05) is 31.6 Å². The molecule has 1 aliphatic rings. The number of carbonyl (C=O) groups excluding carboxylic acids is 1. The van der Waals surface area contributed by atoms with E-state index in [1.165, 1.54) is 16.5 Å². The lowest BCUT2D eigenvalue weighted by Gasteiger charge is -2.35. The van der Waals surface area contributed by atoms with Gasteiger partial charge in [-0.15, -0.1) is 0 Å². The summed E-state index contributed by atoms with van der Waals surface area (Å²) in [6.07, 6.45) is 0. The first-order valence-corrected chi connectivity index (χ1v) is 9.69. The lowest BCUT2D eigenvalue weighted by Crippen LogP contribution is -2.50. The Bertz CT molecular complexity index is 977. The van der Waals surface area contributed by atoms with Gasteiger partial charge in [-0.3, -0.25) is 4.79 Å². The molecule has 1 fully saturated rings. The Kier molecular flexibility index (Phi) is 5.15. The maximum absolute atomic E-state index is 12.5. The molecule has 3 aromatic rings. The van der Waals surface area contributed by atoms with Crippen LogP contribution >= 0.6 is 0 Å². The van der Waals surface area contributed by atoms with Crippen molar-refractivity contribution < 1.29 is 9.53 Å². The zero-order valence-corrected chi connectivity index (χ0v) is 16.4. The van der Waals surface area contributed by atoms with Crippen LogP contribution in [0.5, 0.6) is 5.75 Å². The average Bonchev–Trinajstić information content (AvgIpc) is 2.73. The number of benzene rings is 2. The number of hydrogen-bond acceptors (Lipinski definition) is 4. The smallest absolute Gasteiger partial charge is 0.260 e. The Morgan fingerprint density at radius 3 is 2.46 bits per heavy atom. The van der Waals surface area contributed by atoms with Gasteiger partial charge in [0.1, 0.15) is 11.6 Å². The third kappa shape index (κ3) is 3.93. The summed E-state index contributed by atoms with van der Waals surface area (Å²) < 4.78 is 5.63. The van der Waals surface area contributed by atoms with Crippen LogP contribution in [-0.2, 0) is 4.79 Å². The predicted molar refractivity (Wildman–Crippen MR) is 112 cm³/mol. The van der Waals surface area contributed by atoms with E-state index in [9.17, 15) is 4.79 Å². The third-order valence-corrected chi connectivity index (χ3v) is 5.25. The Balaban J connectivity index is 1.35. The second-order valence-corrected chi connectivity index (χ2v) is 7.28. The molecule has 4 rings (SSSR count). The van der Waals surface area contributed by atoms with E-state index in [0.29, 0.717) is 13.1 Å². The molecule has 0 unspecified atom stereocenters. The van der Waals surface area contributed by atoms with Gasteiger partial charge in [-0.25, -0.2) is 4.98 Å². The summed E-state index contributed by atoms with van der Waals surface area (Å²) in [6.45, 7) is 7.15. The van der Waals surface area contributed by atoms with Crippen molar-refractivity contribution >= 4 is 22.6 Å². The van der Waals surface area contributed by atoms with Crippen molar-refractivity contribution in [2.45, 2.75) is 13.8 Å². The van der Waals surface area contributed by atoms with Crippen LogP contribution in [0.15, 0.2) is 54.6 Å². The molecule has 0 bridgehead atoms. The standard InChI is InChI=1S/C23H25N3O2/c1-17-7-9-19(10-8-17)28-16-23(27)26-13-11-25(12-14-26)22-15-18(2)20-5-3-4-6-21(20)24-22/h3-10,15H,11-14,16H2,1-2H3. The Labute approximate surface area is 165 Å². The minimum Gasteiger partial charge on any atom is -0.484 e. The molecular formula is C23H25N3O2. The number of para-hydroxylation sites is 1. The second-order valence-electron chi connectivity index (χ2n) is 7.28. The van der Waals surface area contributed by atoms with Crippen LogP contribution in [0.1, 0.15) is 11.1 Å². The molecule has 28 heavy (non-hydrogen) atoms. The van der Waals surface area contributed by atoms with Gasteiger partial charge in [0.05, 0.1) is 5.52 Å². The van der Waals surface area contributed by atoms with Crippen LogP contribution in [0.25, 0.3) is 10.9 Å². The van der Waals surface area contributed by atoms with Gasteiger partial charge in [0.25, 0.3) is 5.91 Å². The highest BCUT2D eigenvalue weighted by Gasteiger charge is 2.22. The monoisotopic (exact) mass is 375 g/mol. The van der Waals surface area contributed by atoms with E-state index in [4.69, 9.17) is 9.72 Å². The van der Waals surface area contributed by atoms with Crippen molar-refractivity contribution in [3.63, 3.8) is 0 Å². The fourth-order valence-corrected chi connectivity index (χ4v) is 3.55. The van der Waals surface area contributed by atoms with E-state index < -0.39 is 0 Å². The Morgan fingerprint density at radius 1 is 1.00 bits per heavy atom. The van der Waals surface area contributed by atoms with Crippen LogP contribution in [0, 0.1) is 13.8 Å². The molecule has 0 spiro atoms. The van der Waals surface area contributed by atoms with E-state index in [2.05, 4.69) is 24.0 Å². The summed E-state index contributed by atoms with van der Waals surface area (Å²) in [5, 5.41) is 1.19. The summed E-state index contributed by atoms with van der Waals surface area (Å²) in [6, 6.07) is 18.1. The number of rotatable bonds is 4. The minimum absolute atomic E-state index is 0.0304. The summed E-state index contributed by atoms with van der Waals surface area (Å²) >= 11 is 0. The molecule has 1 aliphatic heterocycles. The van der Waals surface area contributed by atoms with E-state index in [0.717, 1.165) is 30.2 Å². The van der Waals surface area contributed by atoms with Gasteiger partial charge in [0.15, 0.2) is 6.61 Å². The summed E-state index contributed by atoms with van der Waals surface area (Å²) in [7, 11) is 0. The highest BCUT2D eigenvalue weighted by Crippen LogP contribution is 2.23. The molecular weight excluding hydrogens is 350 g/mol. The first-order chi connectivity index (χ1) is 13.6. The molecule has 0 N–H and O–H groups in total. The molecule has 5 nitrogen and oxygen atoms in total. The van der Waals surface area contributed by atoms with Crippen molar-refractivity contribution in [3.8, 4) is 5.75 Å². The molecule has 0 aliphatic carbocycles. The molecule has 144 valence electrons. The molecule has 0 radical (unpaired) electrons. The predicted octanol–water partition coefficient (Wildman–Crippen LogP) is 3.58. The zero-order chi connectivity index (χ0) is 19.5. The molecule has 2 aromatic carbocycles. The van der Waals surface area contributed by atoms with Gasteiger partial charge in [-0.05, 0) is 43.7 Å². The number of aryl methyl sites for hydroxylation is 2. The zero-order valence-electron chi connectivity index (χ0n) is 16.4. The molecule has 1 saturated heterocycles. The lowest BCUT2D eigenvalue weighted by atomic mass is 10.1. The third-order valence-electron chi connectivity index (χ3n) is 5.25. The van der Waals surface area contributed by atoms with Crippen LogP contribution in [0.3, 0.4) is 0 Å². The van der Waals surface area contributed by atoms with Gasteiger partial charge >= 0.3 is 0 Å². The number of anilines is 1. The van der Waals surface area contributed by atoms with Crippen LogP contribution in [0.2, 0.25) is 0 Å². The van der Waals surface area contributed by atoms with Crippen molar-refractivity contribution in [1.82, 2.24) is 9.88 Å². The number of amides is 1. The van der Waals surface area contributed by atoms with Crippen molar-refractivity contribution in [2.75, 3.05) is 37.7 Å². The van der Waals surface area contributed by atoms with E-state index >= 15 is 0 Å². The SMILES string of the molecule is Cc1ccc(OCC(=O)N2CCN(c3cc(C)c4ccccc4n3)CC2)cc1. The topological polar surface area (TPSA) is 45.7 Å². The molecule has 1 aromatic heterocycles. The average molecular weight is 375 g/mol. The fraction of sp³-hybridized carbons (Fsp3) is 0.304. The molecule has 5 heteroatoms. The fourth-order valence-electron chi connectivity index (χ4n) is 3.55. The summed E-state index contributed by atoms with van der Waals surface area (Å²) in [5.41, 5.74) is 3.42. The number of carbonyl (C=O) groups is 1. The molecule has 2 heterocycles. The number of ether oxygens (including phenoxy) is 1. The summed E-state index contributed by atoms with van der Waals surface area (Å²) in [4.78, 5) is 21.4. The maximum Gasteiger partial charge on any atom is 0.260 e. The molecule has 0 saturated carbocycles. The maximum atomic E-state index is 12.5. The van der Waals surface area contributed by atoms with Crippen LogP contribution < -0.4 is 9.64 Å². The Morgan fingerprint density at radius 2 is 1.71 bits per heavy atom. The minimum atomic E-state index is 0.0304. The van der Waals surface area contributed by atoms with Crippen molar-refractivity contribution in [3.05, 3.63) is 65.7 Å². The normalized spacial score (nSPS) is 14.4. The number of aromatic nitrogens is 1. The highest BCUT2D eigenvalue weighted by atomic mass is 16.5. The first-order valence-electron chi connectivity index (χ1n) is 9.69. The number of fused-ring (bicyclic) bond motifs is 1. The van der Waals surface area contributed by atoms with Crippen LogP contribution in [-0.4, -0.2) is 48.6 Å². The van der Waals surface area contributed by atoms with E-state index in [-0.39, 0.29) is 12.5 Å². The second kappa shape index (κ2) is 7.89. The molecule has 0 atom stereocenters. The molecule has 1 amide bonds. The van der Waals surface area contributed by atoms with Gasteiger partial charge in [-0.2, -0.15) is 0 Å². The number of pyridine rings is 1. The van der Waals surface area contributed by atoms with Crippen molar-refractivity contribution in [2.24, 2.45) is 0 Å². The lowest BCUT2D eigenvalue weighted by molar-refractivity contribution is -0.133. The largest absolute Gasteiger partial charge is 0.484 e. The first kappa shape index (κ1) is 18.3. The number of nitrogens with zero attached hydrogens (tertiary/aromatic N) is 3. The van der Waals surface area contributed by atoms with E-state index in [1.54, 1.807) is 0 Å². The van der Waals surface area contributed by atoms with Gasteiger partial charge in [0.2, 0.25) is 0 Å². The van der Waals surface area contributed by atoms with Gasteiger partial charge in [-0.1, -0.05) is 35.9 Å². The van der Waals surface area contributed by atoms with Gasteiger partial charge < -0.3 is 14.5 Å². The number of hydrogen-bond donors (Lipinski definition) is 0. The highest BCUT2D eigenvalue weighted by molar-refractivity contribution is 5.84. The van der Waals surface area contributed by atoms with E-state index in [1.807, 2.05) is 54.3 Å².